The quantitative estimate of drug-likeness (QED) is 0.609. The zero-order valence-corrected chi connectivity index (χ0v) is 13.2. The summed E-state index contributed by atoms with van der Waals surface area (Å²) in [7, 11) is 0. The molecule has 2 nitrogen and oxygen atoms in total. The van der Waals surface area contributed by atoms with E-state index in [0.29, 0.717) is 16.2 Å². The molecule has 0 aliphatic rings. The Kier molecular flexibility index (Phi) is 3.59. The maximum Gasteiger partial charge on any atom is 0.182 e. The van der Waals surface area contributed by atoms with Crippen molar-refractivity contribution < 1.29 is 4.39 Å². The van der Waals surface area contributed by atoms with Gasteiger partial charge in [-0.3, -0.25) is 4.57 Å². The number of nitrogens with one attached hydrogen (secondary N) is 1. The highest BCUT2D eigenvalue weighted by Gasteiger charge is 2.10. The summed E-state index contributed by atoms with van der Waals surface area (Å²) in [5.41, 5.74) is 3.55. The number of halogens is 2. The zero-order valence-electron chi connectivity index (χ0n) is 11.7. The molecule has 3 aromatic rings. The van der Waals surface area contributed by atoms with Crippen LogP contribution in [0.1, 0.15) is 25.3 Å². The molecule has 0 bridgehead atoms. The number of hydrogen-bond acceptors (Lipinski definition) is 1. The minimum absolute atomic E-state index is 0.0843. The maximum atomic E-state index is 13.7. The number of imidazole rings is 1. The second kappa shape index (κ2) is 5.28. The van der Waals surface area contributed by atoms with E-state index >= 15 is 0 Å². The van der Waals surface area contributed by atoms with Gasteiger partial charge in [0, 0.05) is 11.8 Å². The summed E-state index contributed by atoms with van der Waals surface area (Å²) in [6.45, 7) is 4.29. The summed E-state index contributed by atoms with van der Waals surface area (Å²) in [6.07, 6.45) is 0. The molecule has 0 fully saturated rings. The number of rotatable bonds is 2. The second-order valence-electron chi connectivity index (χ2n) is 5.30. The molecule has 0 radical (unpaired) electrons. The Morgan fingerprint density at radius 2 is 1.86 bits per heavy atom. The standard InChI is InChI=1S/C16H14ClFN2S/c1-9(2)10-3-5-11(6-4-10)20-15-8-13(18)12(17)7-14(15)19-16(20)21/h3-9H,1-2H3,(H,19,21). The Hall–Kier alpha value is -1.65. The maximum absolute atomic E-state index is 13.7. The van der Waals surface area contributed by atoms with Crippen LogP contribution in [0.15, 0.2) is 36.4 Å². The van der Waals surface area contributed by atoms with Gasteiger partial charge in [0.2, 0.25) is 0 Å². The molecule has 0 saturated heterocycles. The SMILES string of the molecule is CC(C)c1ccc(-n2c(=S)[nH]c3cc(Cl)c(F)cc32)cc1. The van der Waals surface area contributed by atoms with Crippen molar-refractivity contribution in [3.05, 3.63) is 57.6 Å². The average Bonchev–Trinajstić information content (AvgIpc) is 2.75. The van der Waals surface area contributed by atoms with Crippen molar-refractivity contribution in [2.75, 3.05) is 0 Å². The highest BCUT2D eigenvalue weighted by atomic mass is 35.5. The van der Waals surface area contributed by atoms with Crippen LogP contribution >= 0.6 is 23.8 Å². The van der Waals surface area contributed by atoms with E-state index in [4.69, 9.17) is 23.8 Å². The smallest absolute Gasteiger partial charge is 0.182 e. The van der Waals surface area contributed by atoms with E-state index in [1.54, 1.807) is 6.07 Å². The molecule has 108 valence electrons. The van der Waals surface area contributed by atoms with Crippen LogP contribution in [-0.4, -0.2) is 9.55 Å². The number of aromatic nitrogens is 2. The first-order valence-corrected chi connectivity index (χ1v) is 7.46. The van der Waals surface area contributed by atoms with Crippen LogP contribution in [0, 0.1) is 10.6 Å². The van der Waals surface area contributed by atoms with Crippen molar-refractivity contribution in [3.8, 4) is 5.69 Å². The van der Waals surface area contributed by atoms with Crippen LogP contribution in [0.2, 0.25) is 5.02 Å². The number of nitrogens with zero attached hydrogens (tertiary/aromatic N) is 1. The van der Waals surface area contributed by atoms with E-state index in [-0.39, 0.29) is 5.02 Å². The fourth-order valence-electron chi connectivity index (χ4n) is 2.37. The molecule has 0 aliphatic carbocycles. The van der Waals surface area contributed by atoms with E-state index in [1.165, 1.54) is 11.6 Å². The lowest BCUT2D eigenvalue weighted by molar-refractivity contribution is 0.629. The van der Waals surface area contributed by atoms with E-state index in [0.717, 1.165) is 11.2 Å². The van der Waals surface area contributed by atoms with Gasteiger partial charge in [-0.05, 0) is 41.9 Å². The Bertz CT molecular complexity index is 862. The fraction of sp³-hybridized carbons (Fsp3) is 0.188. The number of aromatic amines is 1. The van der Waals surface area contributed by atoms with E-state index < -0.39 is 5.82 Å². The lowest BCUT2D eigenvalue weighted by Crippen LogP contribution is -1.95. The molecular formula is C16H14ClFN2S. The molecule has 3 rings (SSSR count). The van der Waals surface area contributed by atoms with Crippen molar-refractivity contribution in [2.45, 2.75) is 19.8 Å². The van der Waals surface area contributed by atoms with Crippen LogP contribution in [0.3, 0.4) is 0 Å². The van der Waals surface area contributed by atoms with Gasteiger partial charge in [-0.25, -0.2) is 4.39 Å². The lowest BCUT2D eigenvalue weighted by Gasteiger charge is -2.08. The number of fused-ring (bicyclic) bond motifs is 1. The Morgan fingerprint density at radius 1 is 1.19 bits per heavy atom. The van der Waals surface area contributed by atoms with Gasteiger partial charge in [-0.15, -0.1) is 0 Å². The minimum atomic E-state index is -0.453. The van der Waals surface area contributed by atoms with Gasteiger partial charge in [0.1, 0.15) is 5.82 Å². The molecule has 2 aromatic carbocycles. The second-order valence-corrected chi connectivity index (χ2v) is 6.09. The first kappa shape index (κ1) is 14.3. The van der Waals surface area contributed by atoms with Gasteiger partial charge in [0.25, 0.3) is 0 Å². The lowest BCUT2D eigenvalue weighted by atomic mass is 10.0. The third-order valence-electron chi connectivity index (χ3n) is 3.54. The Labute approximate surface area is 132 Å². The van der Waals surface area contributed by atoms with Crippen molar-refractivity contribution in [3.63, 3.8) is 0 Å². The van der Waals surface area contributed by atoms with Crippen LogP contribution < -0.4 is 0 Å². The molecule has 1 N–H and O–H groups in total. The van der Waals surface area contributed by atoms with Crippen molar-refractivity contribution in [2.24, 2.45) is 0 Å². The Balaban J connectivity index is 2.22. The molecule has 5 heteroatoms. The summed E-state index contributed by atoms with van der Waals surface area (Å²) >= 11 is 11.2. The predicted molar refractivity (Wildman–Crippen MR) is 87.5 cm³/mol. The van der Waals surface area contributed by atoms with Crippen molar-refractivity contribution in [1.29, 1.82) is 0 Å². The first-order valence-electron chi connectivity index (χ1n) is 6.67. The van der Waals surface area contributed by atoms with Gasteiger partial charge >= 0.3 is 0 Å². The largest absolute Gasteiger partial charge is 0.330 e. The Morgan fingerprint density at radius 3 is 2.48 bits per heavy atom. The molecule has 0 aliphatic heterocycles. The summed E-state index contributed by atoms with van der Waals surface area (Å²) in [6, 6.07) is 11.1. The number of benzene rings is 2. The molecule has 0 atom stereocenters. The van der Waals surface area contributed by atoms with Gasteiger partial charge in [0.05, 0.1) is 16.1 Å². The topological polar surface area (TPSA) is 20.7 Å². The third-order valence-corrected chi connectivity index (χ3v) is 4.12. The molecule has 0 unspecified atom stereocenters. The average molecular weight is 321 g/mol. The predicted octanol–water partition coefficient (Wildman–Crippen LogP) is 5.60. The van der Waals surface area contributed by atoms with Crippen molar-refractivity contribution in [1.82, 2.24) is 9.55 Å². The zero-order chi connectivity index (χ0) is 15.1. The van der Waals surface area contributed by atoms with E-state index in [1.807, 2.05) is 16.7 Å². The van der Waals surface area contributed by atoms with Crippen LogP contribution in [0.4, 0.5) is 4.39 Å². The normalized spacial score (nSPS) is 11.5. The summed E-state index contributed by atoms with van der Waals surface area (Å²) in [5.74, 6) is 0.0111. The fourth-order valence-corrected chi connectivity index (χ4v) is 2.84. The minimum Gasteiger partial charge on any atom is -0.330 e. The molecule has 0 spiro atoms. The molecule has 1 heterocycles. The van der Waals surface area contributed by atoms with Gasteiger partial charge in [-0.2, -0.15) is 0 Å². The van der Waals surface area contributed by atoms with Crippen LogP contribution in [-0.2, 0) is 0 Å². The molecule has 1 aromatic heterocycles. The summed E-state index contributed by atoms with van der Waals surface area (Å²) in [4.78, 5) is 3.06. The summed E-state index contributed by atoms with van der Waals surface area (Å²) in [5, 5.41) is 0.0843. The van der Waals surface area contributed by atoms with Crippen LogP contribution in [0.5, 0.6) is 0 Å². The van der Waals surface area contributed by atoms with Crippen LogP contribution in [0.25, 0.3) is 16.7 Å². The van der Waals surface area contributed by atoms with Gasteiger partial charge in [0.15, 0.2) is 4.77 Å². The molecule has 0 amide bonds. The molecular weight excluding hydrogens is 307 g/mol. The molecule has 0 saturated carbocycles. The summed E-state index contributed by atoms with van der Waals surface area (Å²) < 4.78 is 16.1. The van der Waals surface area contributed by atoms with Gasteiger partial charge in [-0.1, -0.05) is 37.6 Å². The highest BCUT2D eigenvalue weighted by Crippen LogP contribution is 2.26. The highest BCUT2D eigenvalue weighted by molar-refractivity contribution is 7.71. The monoisotopic (exact) mass is 320 g/mol. The van der Waals surface area contributed by atoms with Crippen molar-refractivity contribution >= 4 is 34.9 Å². The number of H-pyrrole nitrogens is 1. The number of hydrogen-bond donors (Lipinski definition) is 1. The third kappa shape index (κ3) is 2.49. The van der Waals surface area contributed by atoms with E-state index in [2.05, 4.69) is 31.0 Å². The molecule has 21 heavy (non-hydrogen) atoms. The van der Waals surface area contributed by atoms with E-state index in [9.17, 15) is 4.39 Å². The van der Waals surface area contributed by atoms with Gasteiger partial charge < -0.3 is 4.98 Å². The first-order chi connectivity index (χ1) is 9.97.